The van der Waals surface area contributed by atoms with Gasteiger partial charge in [0.15, 0.2) is 5.82 Å². The summed E-state index contributed by atoms with van der Waals surface area (Å²) in [6, 6.07) is 0. The Labute approximate surface area is 90.8 Å². The molecule has 2 heterocycles. The molecular weight excluding hydrogens is 232 g/mol. The van der Waals surface area contributed by atoms with Gasteiger partial charge in [-0.1, -0.05) is 0 Å². The lowest BCUT2D eigenvalue weighted by molar-refractivity contribution is 0.956. The molecule has 0 radical (unpaired) electrons. The van der Waals surface area contributed by atoms with Gasteiger partial charge in [-0.15, -0.1) is 0 Å². The third-order valence-electron chi connectivity index (χ3n) is 1.32. The minimum atomic E-state index is -2.32. The van der Waals surface area contributed by atoms with E-state index >= 15 is 0 Å². The molecule has 66 valence electrons. The van der Waals surface area contributed by atoms with Gasteiger partial charge in [-0.2, -0.15) is 0 Å². The van der Waals surface area contributed by atoms with Gasteiger partial charge in [0.25, 0.3) is 0 Å². The number of imidazole rings is 1. The quantitative estimate of drug-likeness (QED) is 0.767. The lowest BCUT2D eigenvalue weighted by atomic mass is 10.5. The van der Waals surface area contributed by atoms with Crippen molar-refractivity contribution in [3.05, 3.63) is 35.2 Å². The van der Waals surface area contributed by atoms with Crippen LogP contribution in [0.5, 0.6) is 0 Å². The molecular formula is C8H7BrN4. The Bertz CT molecular complexity index is 576. The summed E-state index contributed by atoms with van der Waals surface area (Å²) in [4.78, 5) is 11.4. The first-order chi connectivity index (χ1) is 8.30. The average molecular weight is 244 g/mol. The first-order valence-electron chi connectivity index (χ1n) is 5.85. The van der Waals surface area contributed by atoms with Crippen molar-refractivity contribution in [1.29, 1.82) is 0 Å². The fraction of sp³-hybridized carbons (Fsp3) is 0.125. The van der Waals surface area contributed by atoms with Crippen LogP contribution < -0.4 is 0 Å². The highest BCUT2D eigenvalue weighted by Gasteiger charge is 1.98. The van der Waals surface area contributed by atoms with E-state index in [1.807, 2.05) is 0 Å². The number of nitrogens with zero attached hydrogens (tertiary/aromatic N) is 4. The third kappa shape index (κ3) is 1.75. The summed E-state index contributed by atoms with van der Waals surface area (Å²) >= 11 is 3.03. The second-order valence-corrected chi connectivity index (χ2v) is 2.96. The standard InChI is InChI=1S/C8H7BrN4/c1-6-2-11-8(3-10-6)13-4-7(9)12-5-13/h2-5H,1H3/i1D3,4D,5D. The summed E-state index contributed by atoms with van der Waals surface area (Å²) in [7, 11) is 0. The van der Waals surface area contributed by atoms with Gasteiger partial charge in [0.1, 0.15) is 12.3 Å². The maximum absolute atomic E-state index is 7.68. The largest absolute Gasteiger partial charge is 0.288 e. The van der Waals surface area contributed by atoms with E-state index in [1.54, 1.807) is 0 Å². The van der Waals surface area contributed by atoms with Crippen molar-refractivity contribution in [2.24, 2.45) is 0 Å². The molecule has 0 spiro atoms. The van der Waals surface area contributed by atoms with Crippen LogP contribution in [0.3, 0.4) is 0 Å². The van der Waals surface area contributed by atoms with Gasteiger partial charge >= 0.3 is 0 Å². The van der Waals surface area contributed by atoms with Crippen molar-refractivity contribution >= 4 is 15.9 Å². The molecule has 0 aliphatic rings. The zero-order chi connectivity index (χ0) is 13.5. The molecule has 0 aromatic carbocycles. The fourth-order valence-electron chi connectivity index (χ4n) is 0.781. The van der Waals surface area contributed by atoms with E-state index < -0.39 is 6.85 Å². The zero-order valence-electron chi connectivity index (χ0n) is 11.3. The molecule has 0 fully saturated rings. The second-order valence-electron chi connectivity index (χ2n) is 2.21. The molecule has 0 aliphatic heterocycles. The Morgan fingerprint density at radius 3 is 2.92 bits per heavy atom. The van der Waals surface area contributed by atoms with Gasteiger partial charge in [-0.25, -0.2) is 9.97 Å². The molecule has 4 nitrogen and oxygen atoms in total. The Kier molecular flexibility index (Phi) is 1.08. The van der Waals surface area contributed by atoms with Crippen LogP contribution in [0.4, 0.5) is 0 Å². The molecule has 0 aliphatic carbocycles. The molecule has 0 atom stereocenters. The van der Waals surface area contributed by atoms with Crippen LogP contribution in [-0.4, -0.2) is 19.5 Å². The Hall–Kier alpha value is -1.23. The Balaban J connectivity index is 2.47. The van der Waals surface area contributed by atoms with Crippen molar-refractivity contribution in [2.75, 3.05) is 0 Å². The summed E-state index contributed by atoms with van der Waals surface area (Å²) in [5.41, 5.74) is -0.136. The molecule has 0 unspecified atom stereocenters. The minimum Gasteiger partial charge on any atom is -0.288 e. The Morgan fingerprint density at radius 1 is 1.46 bits per heavy atom. The molecule has 5 heteroatoms. The molecule has 0 saturated carbocycles. The van der Waals surface area contributed by atoms with Crippen molar-refractivity contribution in [2.45, 2.75) is 6.85 Å². The lowest BCUT2D eigenvalue weighted by Crippen LogP contribution is -1.95. The van der Waals surface area contributed by atoms with Crippen LogP contribution in [-0.2, 0) is 0 Å². The molecule has 0 bridgehead atoms. The van der Waals surface area contributed by atoms with E-state index in [4.69, 9.17) is 6.85 Å². The molecule has 0 N–H and O–H groups in total. The topological polar surface area (TPSA) is 43.6 Å². The van der Waals surface area contributed by atoms with Gasteiger partial charge in [-0.3, -0.25) is 9.55 Å². The van der Waals surface area contributed by atoms with Crippen LogP contribution in [0.2, 0.25) is 0 Å². The van der Waals surface area contributed by atoms with E-state index in [1.165, 1.54) is 6.20 Å². The van der Waals surface area contributed by atoms with E-state index in [0.717, 1.165) is 10.8 Å². The molecule has 13 heavy (non-hydrogen) atoms. The van der Waals surface area contributed by atoms with Gasteiger partial charge in [0, 0.05) is 10.3 Å². The molecule has 2 rings (SSSR count). The summed E-state index contributed by atoms with van der Waals surface area (Å²) in [5, 5.41) is 0. The predicted octanol–water partition coefficient (Wildman–Crippen LogP) is 1.73. The summed E-state index contributed by atoms with van der Waals surface area (Å²) < 4.78 is 38.1. The van der Waals surface area contributed by atoms with Gasteiger partial charge < -0.3 is 0 Å². The normalized spacial score (nSPS) is 16.8. The SMILES string of the molecule is [2H]c1nc(Br)c([2H])n1-c1cnc(C([2H])([2H])[2H])cn1. The lowest BCUT2D eigenvalue weighted by Gasteiger charge is -1.98. The Morgan fingerprint density at radius 2 is 2.38 bits per heavy atom. The van der Waals surface area contributed by atoms with Crippen LogP contribution in [0, 0.1) is 6.85 Å². The number of hydrogen-bond acceptors (Lipinski definition) is 3. The number of rotatable bonds is 1. The molecule has 2 aromatic rings. The number of halogens is 1. The van der Waals surface area contributed by atoms with Crippen molar-refractivity contribution in [3.8, 4) is 5.82 Å². The first-order valence-corrected chi connectivity index (χ1v) is 4.14. The van der Waals surface area contributed by atoms with Crippen LogP contribution >= 0.6 is 15.9 Å². The molecule has 0 saturated heterocycles. The van der Waals surface area contributed by atoms with Crippen LogP contribution in [0.1, 0.15) is 12.5 Å². The fourth-order valence-corrected chi connectivity index (χ4v) is 1.04. The number of aromatic nitrogens is 4. The van der Waals surface area contributed by atoms with E-state index in [2.05, 4.69) is 30.9 Å². The maximum Gasteiger partial charge on any atom is 0.156 e. The van der Waals surface area contributed by atoms with Gasteiger partial charge in [-0.05, 0) is 22.8 Å². The van der Waals surface area contributed by atoms with Crippen molar-refractivity contribution in [1.82, 2.24) is 19.5 Å². The molecule has 0 amide bonds. The number of aryl methyl sites for hydroxylation is 1. The van der Waals surface area contributed by atoms with E-state index in [0.29, 0.717) is 0 Å². The highest BCUT2D eigenvalue weighted by atomic mass is 79.9. The smallest absolute Gasteiger partial charge is 0.156 e. The van der Waals surface area contributed by atoms with Crippen LogP contribution in [0.15, 0.2) is 29.5 Å². The second kappa shape index (κ2) is 3.26. The molecule has 2 aromatic heterocycles. The van der Waals surface area contributed by atoms with Crippen molar-refractivity contribution < 1.29 is 6.85 Å². The predicted molar refractivity (Wildman–Crippen MR) is 51.6 cm³/mol. The highest BCUT2D eigenvalue weighted by Crippen LogP contribution is 2.08. The summed E-state index contributed by atoms with van der Waals surface area (Å²) in [5.74, 6) is 0.177. The monoisotopic (exact) mass is 243 g/mol. The van der Waals surface area contributed by atoms with Gasteiger partial charge in [0.05, 0.1) is 19.5 Å². The van der Waals surface area contributed by atoms with E-state index in [-0.39, 0.29) is 28.6 Å². The summed E-state index contributed by atoms with van der Waals surface area (Å²) in [6.07, 6.45) is 2.08. The van der Waals surface area contributed by atoms with Crippen LogP contribution in [0.25, 0.3) is 5.82 Å². The minimum absolute atomic E-state index is 0.0454. The summed E-state index contributed by atoms with van der Waals surface area (Å²) in [6.45, 7) is -2.32. The highest BCUT2D eigenvalue weighted by molar-refractivity contribution is 9.10. The van der Waals surface area contributed by atoms with Crippen molar-refractivity contribution in [3.63, 3.8) is 0 Å². The number of hydrogen-bond donors (Lipinski definition) is 0. The third-order valence-corrected chi connectivity index (χ3v) is 1.67. The average Bonchev–Trinajstić information content (AvgIpc) is 2.52. The van der Waals surface area contributed by atoms with E-state index in [9.17, 15) is 0 Å². The van der Waals surface area contributed by atoms with Gasteiger partial charge in [0.2, 0.25) is 0 Å². The maximum atomic E-state index is 7.68. The zero-order valence-corrected chi connectivity index (χ0v) is 7.91. The first kappa shape index (κ1) is 4.32.